The molecule has 0 unspecified atom stereocenters. The number of benzene rings is 2. The molecule has 1 aliphatic heterocycles. The number of esters is 1. The normalized spacial score (nSPS) is 15.9. The molecule has 3 rings (SSSR count). The summed E-state index contributed by atoms with van der Waals surface area (Å²) in [6, 6.07) is 13.3. The molecule has 0 N–H and O–H groups in total. The zero-order valence-electron chi connectivity index (χ0n) is 15.9. The van der Waals surface area contributed by atoms with Crippen molar-refractivity contribution in [1.29, 1.82) is 0 Å². The lowest BCUT2D eigenvalue weighted by Crippen LogP contribution is -2.41. The number of hydrogen-bond donors (Lipinski definition) is 0. The fourth-order valence-corrected chi connectivity index (χ4v) is 4.68. The maximum absolute atomic E-state index is 12.9. The van der Waals surface area contributed by atoms with Gasteiger partial charge in [-0.2, -0.15) is 4.31 Å². The first-order chi connectivity index (χ1) is 13.3. The van der Waals surface area contributed by atoms with E-state index in [0.29, 0.717) is 24.2 Å². The Kier molecular flexibility index (Phi) is 5.96. The van der Waals surface area contributed by atoms with E-state index in [-0.39, 0.29) is 35.7 Å². The van der Waals surface area contributed by atoms with Gasteiger partial charge in [-0.05, 0) is 51.0 Å². The number of ketones is 1. The van der Waals surface area contributed by atoms with Crippen LogP contribution in [-0.4, -0.2) is 37.6 Å². The Balaban J connectivity index is 1.64. The van der Waals surface area contributed by atoms with E-state index in [2.05, 4.69) is 0 Å². The molecule has 6 nitrogen and oxygen atoms in total. The van der Waals surface area contributed by atoms with Crippen LogP contribution in [0.2, 0.25) is 0 Å². The Morgan fingerprint density at radius 1 is 1.04 bits per heavy atom. The smallest absolute Gasteiger partial charge is 0.314 e. The number of ether oxygens (including phenoxy) is 1. The molecule has 1 heterocycles. The molecule has 2 aromatic carbocycles. The van der Waals surface area contributed by atoms with Crippen molar-refractivity contribution < 1.29 is 22.7 Å². The molecular formula is C21H23NO5S. The van der Waals surface area contributed by atoms with Crippen molar-refractivity contribution in [3.8, 4) is 5.75 Å². The van der Waals surface area contributed by atoms with Crippen LogP contribution < -0.4 is 4.74 Å². The molecule has 7 heteroatoms. The number of rotatable bonds is 5. The summed E-state index contributed by atoms with van der Waals surface area (Å²) in [6.07, 6.45) is 0.798. The van der Waals surface area contributed by atoms with Crippen molar-refractivity contribution in [3.05, 3.63) is 59.7 Å². The Hall–Kier alpha value is -2.51. The maximum Gasteiger partial charge on any atom is 0.314 e. The second-order valence-corrected chi connectivity index (χ2v) is 8.93. The van der Waals surface area contributed by atoms with Crippen LogP contribution in [-0.2, 0) is 14.8 Å². The zero-order chi connectivity index (χ0) is 20.3. The molecule has 0 radical (unpaired) electrons. The van der Waals surface area contributed by atoms with Crippen molar-refractivity contribution in [2.75, 3.05) is 13.1 Å². The largest absolute Gasteiger partial charge is 0.426 e. The molecule has 0 amide bonds. The maximum atomic E-state index is 12.9. The molecule has 0 spiro atoms. The van der Waals surface area contributed by atoms with E-state index in [9.17, 15) is 18.0 Å². The molecule has 1 aliphatic rings. The highest BCUT2D eigenvalue weighted by molar-refractivity contribution is 7.89. The molecule has 0 saturated carbocycles. The van der Waals surface area contributed by atoms with Crippen molar-refractivity contribution in [3.63, 3.8) is 0 Å². The van der Waals surface area contributed by atoms with Crippen LogP contribution in [0.3, 0.4) is 0 Å². The lowest BCUT2D eigenvalue weighted by atomic mass is 9.98. The third-order valence-electron chi connectivity index (χ3n) is 4.91. The highest BCUT2D eigenvalue weighted by atomic mass is 32.2. The van der Waals surface area contributed by atoms with Gasteiger partial charge < -0.3 is 4.74 Å². The Morgan fingerprint density at radius 2 is 1.68 bits per heavy atom. The van der Waals surface area contributed by atoms with E-state index in [1.165, 1.54) is 23.4 Å². The van der Waals surface area contributed by atoms with E-state index in [0.717, 1.165) is 5.56 Å². The average Bonchev–Trinajstić information content (AvgIpc) is 2.70. The van der Waals surface area contributed by atoms with Gasteiger partial charge in [-0.1, -0.05) is 29.8 Å². The first-order valence-electron chi connectivity index (χ1n) is 9.17. The number of carbonyl (C=O) groups excluding carboxylic acids is 2. The van der Waals surface area contributed by atoms with E-state index in [4.69, 9.17) is 4.74 Å². The number of carbonyl (C=O) groups is 2. The van der Waals surface area contributed by atoms with Crippen LogP contribution in [0.25, 0.3) is 0 Å². The minimum atomic E-state index is -3.70. The quantitative estimate of drug-likeness (QED) is 0.437. The molecule has 0 aromatic heterocycles. The van der Waals surface area contributed by atoms with Crippen molar-refractivity contribution in [2.45, 2.75) is 31.6 Å². The summed E-state index contributed by atoms with van der Waals surface area (Å²) >= 11 is 0. The van der Waals surface area contributed by atoms with Gasteiger partial charge in [-0.25, -0.2) is 8.42 Å². The highest BCUT2D eigenvalue weighted by Crippen LogP contribution is 2.26. The molecule has 1 fully saturated rings. The summed E-state index contributed by atoms with van der Waals surface area (Å²) in [5.74, 6) is -0.364. The van der Waals surface area contributed by atoms with E-state index >= 15 is 0 Å². The van der Waals surface area contributed by atoms with Crippen molar-refractivity contribution in [1.82, 2.24) is 4.31 Å². The summed E-state index contributed by atoms with van der Waals surface area (Å²) in [5, 5.41) is 0. The van der Waals surface area contributed by atoms with Gasteiger partial charge in [-0.15, -0.1) is 0 Å². The van der Waals surface area contributed by atoms with Crippen molar-refractivity contribution in [2.24, 2.45) is 5.92 Å². The van der Waals surface area contributed by atoms with Crippen LogP contribution in [0, 0.1) is 12.8 Å². The summed E-state index contributed by atoms with van der Waals surface area (Å²) in [6.45, 7) is 3.82. The lowest BCUT2D eigenvalue weighted by molar-refractivity contribution is -0.140. The SMILES string of the molecule is CC(=O)c1cccc(S(=O)(=O)N2CCC(C(=O)Oc3ccc(C)cc3)CC2)c1. The molecule has 148 valence electrons. The lowest BCUT2D eigenvalue weighted by Gasteiger charge is -2.30. The van der Waals surface area contributed by atoms with Crippen LogP contribution in [0.1, 0.15) is 35.7 Å². The van der Waals surface area contributed by atoms with Crippen molar-refractivity contribution >= 4 is 21.8 Å². The van der Waals surface area contributed by atoms with Crippen LogP contribution in [0.15, 0.2) is 53.4 Å². The van der Waals surface area contributed by atoms with Crippen LogP contribution >= 0.6 is 0 Å². The molecule has 1 saturated heterocycles. The zero-order valence-corrected chi connectivity index (χ0v) is 16.7. The standard InChI is InChI=1S/C21H23NO5S/c1-15-6-8-19(9-7-15)27-21(24)17-10-12-22(13-11-17)28(25,26)20-5-3-4-18(14-20)16(2)23/h3-9,14,17H,10-13H2,1-2H3. The fourth-order valence-electron chi connectivity index (χ4n) is 3.16. The number of aryl methyl sites for hydroxylation is 1. The molecular weight excluding hydrogens is 378 g/mol. The van der Waals surface area contributed by atoms with Gasteiger partial charge in [0, 0.05) is 18.7 Å². The molecule has 0 aliphatic carbocycles. The number of sulfonamides is 1. The van der Waals surface area contributed by atoms with Gasteiger partial charge in [0.05, 0.1) is 10.8 Å². The van der Waals surface area contributed by atoms with E-state index in [1.54, 1.807) is 24.3 Å². The molecule has 0 bridgehead atoms. The number of Topliss-reactive ketones (excluding diaryl/α,β-unsaturated/α-hetero) is 1. The summed E-state index contributed by atoms with van der Waals surface area (Å²) < 4.78 is 32.5. The Morgan fingerprint density at radius 3 is 2.29 bits per heavy atom. The van der Waals surface area contributed by atoms with Gasteiger partial charge >= 0.3 is 5.97 Å². The summed E-state index contributed by atoms with van der Waals surface area (Å²) in [4.78, 5) is 24.0. The first kappa shape index (κ1) is 20.2. The van der Waals surface area contributed by atoms with Gasteiger partial charge in [0.25, 0.3) is 0 Å². The number of piperidine rings is 1. The summed E-state index contributed by atoms with van der Waals surface area (Å²) in [5.41, 5.74) is 1.43. The second-order valence-electron chi connectivity index (χ2n) is 7.00. The monoisotopic (exact) mass is 401 g/mol. The minimum Gasteiger partial charge on any atom is -0.426 e. The molecule has 2 aromatic rings. The third kappa shape index (κ3) is 4.48. The highest BCUT2D eigenvalue weighted by Gasteiger charge is 2.33. The van der Waals surface area contributed by atoms with Gasteiger partial charge in [0.2, 0.25) is 10.0 Å². The topological polar surface area (TPSA) is 80.8 Å². The molecule has 28 heavy (non-hydrogen) atoms. The summed E-state index contributed by atoms with van der Waals surface area (Å²) in [7, 11) is -3.70. The Bertz CT molecular complexity index is 974. The fraction of sp³-hybridized carbons (Fsp3) is 0.333. The number of hydrogen-bond acceptors (Lipinski definition) is 5. The van der Waals surface area contributed by atoms with E-state index in [1.807, 2.05) is 19.1 Å². The average molecular weight is 401 g/mol. The first-order valence-corrected chi connectivity index (χ1v) is 10.6. The third-order valence-corrected chi connectivity index (χ3v) is 6.80. The van der Waals surface area contributed by atoms with Gasteiger partial charge in [-0.3, -0.25) is 9.59 Å². The van der Waals surface area contributed by atoms with Crippen LogP contribution in [0.4, 0.5) is 0 Å². The van der Waals surface area contributed by atoms with E-state index < -0.39 is 10.0 Å². The van der Waals surface area contributed by atoms with Crippen LogP contribution in [0.5, 0.6) is 5.75 Å². The predicted octanol–water partition coefficient (Wildman–Crippen LogP) is 3.20. The second kappa shape index (κ2) is 8.24. The Labute approximate surface area is 165 Å². The van der Waals surface area contributed by atoms with Gasteiger partial charge in [0.15, 0.2) is 5.78 Å². The predicted molar refractivity (Wildman–Crippen MR) is 105 cm³/mol. The van der Waals surface area contributed by atoms with Gasteiger partial charge in [0.1, 0.15) is 5.75 Å². The number of nitrogens with zero attached hydrogens (tertiary/aromatic N) is 1. The minimum absolute atomic E-state index is 0.0980. The molecule has 0 atom stereocenters.